The van der Waals surface area contributed by atoms with Crippen molar-refractivity contribution >= 4 is 0 Å². The minimum absolute atomic E-state index is 0.504. The Hall–Kier alpha value is -1.55. The van der Waals surface area contributed by atoms with Crippen molar-refractivity contribution in [2.75, 3.05) is 13.5 Å². The van der Waals surface area contributed by atoms with E-state index in [4.69, 9.17) is 9.84 Å². The lowest BCUT2D eigenvalue weighted by molar-refractivity contribution is -0.0825. The van der Waals surface area contributed by atoms with Crippen molar-refractivity contribution in [3.8, 4) is 0 Å². The van der Waals surface area contributed by atoms with Crippen LogP contribution in [0.3, 0.4) is 0 Å². The molecule has 3 N–H and O–H groups in total. The molecule has 8 nitrogen and oxygen atoms in total. The minimum atomic E-state index is -1.35. The van der Waals surface area contributed by atoms with Crippen molar-refractivity contribution in [2.24, 2.45) is 0 Å². The molecular weight excluding hydrogens is 263 g/mol. The molecule has 0 bridgehead atoms. The molecule has 1 aliphatic rings. The van der Waals surface area contributed by atoms with E-state index in [0.29, 0.717) is 0 Å². The van der Waals surface area contributed by atoms with Gasteiger partial charge in [0.25, 0.3) is 5.56 Å². The maximum atomic E-state index is 12.2. The van der Waals surface area contributed by atoms with Gasteiger partial charge in [0.05, 0.1) is 6.61 Å². The third-order valence-electron chi connectivity index (χ3n) is 2.87. The van der Waals surface area contributed by atoms with E-state index in [9.17, 15) is 19.1 Å². The van der Waals surface area contributed by atoms with Gasteiger partial charge >= 0.3 is 5.69 Å². The summed E-state index contributed by atoms with van der Waals surface area (Å²) in [5.41, 5.74) is -1.38. The van der Waals surface area contributed by atoms with Crippen molar-refractivity contribution < 1.29 is 24.1 Å². The lowest BCUT2D eigenvalue weighted by Gasteiger charge is -2.18. The first-order valence-electron chi connectivity index (χ1n) is 5.52. The maximum absolute atomic E-state index is 12.2. The molecule has 2 heterocycles. The maximum Gasteiger partial charge on any atom is 0.330 e. The molecule has 1 aliphatic heterocycles. The largest absolute Gasteiger partial charge is 0.394 e. The smallest absolute Gasteiger partial charge is 0.330 e. The van der Waals surface area contributed by atoms with Crippen molar-refractivity contribution in [2.45, 2.75) is 24.5 Å². The molecule has 1 saturated heterocycles. The van der Waals surface area contributed by atoms with Crippen LogP contribution in [-0.4, -0.2) is 51.5 Å². The van der Waals surface area contributed by atoms with Crippen molar-refractivity contribution in [1.82, 2.24) is 9.55 Å². The first-order chi connectivity index (χ1) is 9.08. The Kier molecular flexibility index (Phi) is 4.10. The Morgan fingerprint density at radius 3 is 2.84 bits per heavy atom. The molecule has 106 valence electrons. The summed E-state index contributed by atoms with van der Waals surface area (Å²) in [5, 5.41) is 19.0. The molecule has 0 radical (unpaired) electrons. The van der Waals surface area contributed by atoms with Gasteiger partial charge in [0.2, 0.25) is 0 Å². The Balaban J connectivity index is 2.30. The number of aromatic amines is 1. The predicted molar refractivity (Wildman–Crippen MR) is 59.2 cm³/mol. The van der Waals surface area contributed by atoms with Gasteiger partial charge in [0, 0.05) is 12.3 Å². The Labute approximate surface area is 106 Å². The number of hydrogen-bond acceptors (Lipinski definition) is 6. The number of ether oxygens (including phenoxy) is 2. The molecule has 1 aromatic rings. The van der Waals surface area contributed by atoms with E-state index in [1.165, 1.54) is 0 Å². The topological polar surface area (TPSA) is 114 Å². The Bertz CT molecular complexity index is 543. The molecule has 0 aromatic carbocycles. The summed E-state index contributed by atoms with van der Waals surface area (Å²) in [7, 11) is 0. The average molecular weight is 276 g/mol. The second kappa shape index (κ2) is 5.61. The van der Waals surface area contributed by atoms with Crippen LogP contribution in [0.2, 0.25) is 0 Å². The van der Waals surface area contributed by atoms with Crippen molar-refractivity contribution in [3.05, 3.63) is 33.1 Å². The number of alkyl halides is 1. The molecule has 0 aliphatic carbocycles. The first-order valence-corrected chi connectivity index (χ1v) is 5.52. The molecule has 4 atom stereocenters. The first kappa shape index (κ1) is 13.9. The van der Waals surface area contributed by atoms with Gasteiger partial charge in [-0.1, -0.05) is 0 Å². The zero-order valence-corrected chi connectivity index (χ0v) is 9.73. The molecular formula is C10H13FN2O6. The molecule has 0 saturated carbocycles. The standard InChI is InChI=1S/C10H13FN2O6/c11-4-18-8-5(3-14)19-9(7(8)16)13-2-1-6(15)12-10(13)17/h1-2,5,7-9,14,16H,3-4H2,(H,12,15,17)/t5-,7-,8-,9-/m1/s1. The summed E-state index contributed by atoms with van der Waals surface area (Å²) in [5.74, 6) is 0. The van der Waals surface area contributed by atoms with Crippen molar-refractivity contribution in [1.29, 1.82) is 0 Å². The normalized spacial score (nSPS) is 30.7. The van der Waals surface area contributed by atoms with E-state index < -0.39 is 49.3 Å². The van der Waals surface area contributed by atoms with Crippen LogP contribution in [-0.2, 0) is 9.47 Å². The molecule has 2 rings (SSSR count). The highest BCUT2D eigenvalue weighted by molar-refractivity contribution is 4.93. The number of nitrogens with one attached hydrogen (secondary N) is 1. The number of halogens is 1. The fraction of sp³-hybridized carbons (Fsp3) is 0.600. The zero-order valence-electron chi connectivity index (χ0n) is 9.73. The third-order valence-corrected chi connectivity index (χ3v) is 2.87. The highest BCUT2D eigenvalue weighted by Gasteiger charge is 2.45. The van der Waals surface area contributed by atoms with Gasteiger partial charge in [-0.2, -0.15) is 0 Å². The lowest BCUT2D eigenvalue weighted by atomic mass is 10.1. The SMILES string of the molecule is O=c1ccn([C@@H]2O[C@H](CO)[C@@H](OCF)[C@H]2O)c(=O)[nH]1. The minimum Gasteiger partial charge on any atom is -0.394 e. The molecule has 19 heavy (non-hydrogen) atoms. The van der Waals surface area contributed by atoms with Crippen LogP contribution in [0, 0.1) is 0 Å². The number of aliphatic hydroxyl groups excluding tert-OH is 2. The summed E-state index contributed by atoms with van der Waals surface area (Å²) in [6, 6.07) is 1.08. The quantitative estimate of drug-likeness (QED) is 0.592. The van der Waals surface area contributed by atoms with Crippen LogP contribution in [0.15, 0.2) is 21.9 Å². The second-order valence-electron chi connectivity index (χ2n) is 4.00. The highest BCUT2D eigenvalue weighted by Crippen LogP contribution is 2.30. The Morgan fingerprint density at radius 1 is 1.53 bits per heavy atom. The number of H-pyrrole nitrogens is 1. The van der Waals surface area contributed by atoms with Crippen LogP contribution < -0.4 is 11.2 Å². The fourth-order valence-electron chi connectivity index (χ4n) is 2.00. The molecule has 0 amide bonds. The third kappa shape index (κ3) is 2.59. The second-order valence-corrected chi connectivity index (χ2v) is 4.00. The average Bonchev–Trinajstić information content (AvgIpc) is 2.68. The van der Waals surface area contributed by atoms with E-state index in [2.05, 4.69) is 4.74 Å². The van der Waals surface area contributed by atoms with Crippen LogP contribution in [0.25, 0.3) is 0 Å². The van der Waals surface area contributed by atoms with Gasteiger partial charge in [-0.3, -0.25) is 14.3 Å². The summed E-state index contributed by atoms with van der Waals surface area (Å²) in [4.78, 5) is 24.5. The van der Waals surface area contributed by atoms with Gasteiger partial charge in [-0.25, -0.2) is 9.18 Å². The predicted octanol–water partition coefficient (Wildman–Crippen LogP) is -1.90. The highest BCUT2D eigenvalue weighted by atomic mass is 19.1. The number of rotatable bonds is 4. The van der Waals surface area contributed by atoms with Gasteiger partial charge in [0.15, 0.2) is 13.1 Å². The fourth-order valence-corrected chi connectivity index (χ4v) is 2.00. The Morgan fingerprint density at radius 2 is 2.26 bits per heavy atom. The number of aliphatic hydroxyl groups is 2. The van der Waals surface area contributed by atoms with Crippen LogP contribution in [0.4, 0.5) is 4.39 Å². The summed E-state index contributed by atoms with van der Waals surface area (Å²) in [6.45, 7) is -1.66. The number of hydrogen-bond donors (Lipinski definition) is 3. The van der Waals surface area contributed by atoms with E-state index in [1.54, 1.807) is 0 Å². The van der Waals surface area contributed by atoms with Gasteiger partial charge in [-0.15, -0.1) is 0 Å². The van der Waals surface area contributed by atoms with Gasteiger partial charge in [0.1, 0.15) is 18.3 Å². The van der Waals surface area contributed by atoms with E-state index in [-0.39, 0.29) is 0 Å². The molecule has 9 heteroatoms. The zero-order chi connectivity index (χ0) is 14.0. The van der Waals surface area contributed by atoms with Gasteiger partial charge in [-0.05, 0) is 0 Å². The summed E-state index contributed by atoms with van der Waals surface area (Å²) >= 11 is 0. The molecule has 1 fully saturated rings. The van der Waals surface area contributed by atoms with Crippen LogP contribution >= 0.6 is 0 Å². The molecule has 0 unspecified atom stereocenters. The molecule has 1 aromatic heterocycles. The van der Waals surface area contributed by atoms with E-state index in [0.717, 1.165) is 16.8 Å². The van der Waals surface area contributed by atoms with Crippen LogP contribution in [0.5, 0.6) is 0 Å². The van der Waals surface area contributed by atoms with E-state index in [1.807, 2.05) is 4.98 Å². The van der Waals surface area contributed by atoms with Crippen LogP contribution in [0.1, 0.15) is 6.23 Å². The monoisotopic (exact) mass is 276 g/mol. The molecule has 0 spiro atoms. The lowest BCUT2D eigenvalue weighted by Crippen LogP contribution is -2.38. The van der Waals surface area contributed by atoms with Crippen molar-refractivity contribution in [3.63, 3.8) is 0 Å². The number of nitrogens with zero attached hydrogens (tertiary/aromatic N) is 1. The summed E-state index contributed by atoms with van der Waals surface area (Å²) < 4.78 is 23.0. The number of aromatic nitrogens is 2. The van der Waals surface area contributed by atoms with E-state index >= 15 is 0 Å². The van der Waals surface area contributed by atoms with Gasteiger partial charge < -0.3 is 19.7 Å². The summed E-state index contributed by atoms with van der Waals surface area (Å²) in [6.07, 6.45) is -3.44.